The zero-order valence-electron chi connectivity index (χ0n) is 10.1. The molecule has 3 aliphatic heterocycles. The van der Waals surface area contributed by atoms with E-state index in [-0.39, 0.29) is 18.2 Å². The first kappa shape index (κ1) is 11.4. The highest BCUT2D eigenvalue weighted by Gasteiger charge is 2.46. The molecule has 0 aromatic carbocycles. The van der Waals surface area contributed by atoms with Crippen LogP contribution in [-0.2, 0) is 14.3 Å². The van der Waals surface area contributed by atoms with Crippen molar-refractivity contribution < 1.29 is 14.3 Å². The molecule has 1 N–H and O–H groups in total. The maximum atomic E-state index is 11.9. The second-order valence-corrected chi connectivity index (χ2v) is 5.03. The van der Waals surface area contributed by atoms with E-state index in [1.54, 1.807) is 0 Å². The van der Waals surface area contributed by atoms with Gasteiger partial charge in [0.15, 0.2) is 6.23 Å². The van der Waals surface area contributed by atoms with E-state index >= 15 is 0 Å². The number of hydrogen-bond acceptors (Lipinski definition) is 4. The van der Waals surface area contributed by atoms with Crippen LogP contribution in [0.5, 0.6) is 0 Å². The van der Waals surface area contributed by atoms with Gasteiger partial charge in [-0.2, -0.15) is 0 Å². The van der Waals surface area contributed by atoms with Crippen molar-refractivity contribution in [2.24, 2.45) is 0 Å². The first-order valence-electron chi connectivity index (χ1n) is 6.62. The van der Waals surface area contributed by atoms with Gasteiger partial charge in [0.2, 0.25) is 5.91 Å². The number of morpholine rings is 1. The average Bonchev–Trinajstić information content (AvgIpc) is 3.10. The van der Waals surface area contributed by atoms with Gasteiger partial charge in [0.1, 0.15) is 6.10 Å². The van der Waals surface area contributed by atoms with E-state index in [9.17, 15) is 4.79 Å². The maximum absolute atomic E-state index is 11.9. The lowest BCUT2D eigenvalue weighted by atomic mass is 10.2. The number of nitrogens with one attached hydrogen (secondary N) is 1. The minimum Gasteiger partial charge on any atom is -0.376 e. The van der Waals surface area contributed by atoms with Crippen LogP contribution in [0.15, 0.2) is 0 Å². The molecule has 3 atom stereocenters. The molecular weight excluding hydrogens is 220 g/mol. The fourth-order valence-corrected chi connectivity index (χ4v) is 2.70. The highest BCUT2D eigenvalue weighted by Crippen LogP contribution is 2.34. The van der Waals surface area contributed by atoms with Crippen LogP contribution in [0.25, 0.3) is 0 Å². The van der Waals surface area contributed by atoms with E-state index in [1.165, 1.54) is 0 Å². The Labute approximate surface area is 101 Å². The minimum atomic E-state index is 0.0709. The predicted molar refractivity (Wildman–Crippen MR) is 61.5 cm³/mol. The van der Waals surface area contributed by atoms with Gasteiger partial charge in [-0.1, -0.05) is 0 Å². The summed E-state index contributed by atoms with van der Waals surface area (Å²) in [6.45, 7) is 3.39. The van der Waals surface area contributed by atoms with Crippen LogP contribution in [-0.4, -0.2) is 55.5 Å². The summed E-state index contributed by atoms with van der Waals surface area (Å²) >= 11 is 0. The number of carbonyl (C=O) groups excluding carboxylic acids is 1. The Morgan fingerprint density at radius 1 is 1.47 bits per heavy atom. The molecule has 5 heteroatoms. The molecule has 0 spiro atoms. The standard InChI is InChI=1S/C12H20N2O3/c15-11-3-1-2-10-12(17-10)14(11)6-4-9-8-13-5-7-16-9/h9-10,12-13H,1-8H2. The number of rotatable bonds is 3. The second kappa shape index (κ2) is 4.92. The van der Waals surface area contributed by atoms with E-state index < -0.39 is 0 Å². The van der Waals surface area contributed by atoms with Crippen LogP contribution in [0.3, 0.4) is 0 Å². The normalized spacial score (nSPS) is 37.5. The Hall–Kier alpha value is -0.650. The molecule has 17 heavy (non-hydrogen) atoms. The lowest BCUT2D eigenvalue weighted by Gasteiger charge is -2.26. The third kappa shape index (κ3) is 2.61. The van der Waals surface area contributed by atoms with Crippen LogP contribution in [0.2, 0.25) is 0 Å². The monoisotopic (exact) mass is 240 g/mol. The lowest BCUT2D eigenvalue weighted by molar-refractivity contribution is -0.133. The topological polar surface area (TPSA) is 54.1 Å². The van der Waals surface area contributed by atoms with E-state index in [0.717, 1.165) is 45.5 Å². The van der Waals surface area contributed by atoms with Gasteiger partial charge in [-0.05, 0) is 19.3 Å². The fraction of sp³-hybridized carbons (Fsp3) is 0.917. The first-order chi connectivity index (χ1) is 8.34. The number of amides is 1. The Balaban J connectivity index is 1.50. The van der Waals surface area contributed by atoms with Crippen molar-refractivity contribution in [3.63, 3.8) is 0 Å². The molecule has 3 saturated heterocycles. The van der Waals surface area contributed by atoms with Crippen molar-refractivity contribution in [1.82, 2.24) is 10.2 Å². The SMILES string of the molecule is O=C1CCCC2OC2N1CCC1CNCCO1. The Morgan fingerprint density at radius 3 is 3.24 bits per heavy atom. The summed E-state index contributed by atoms with van der Waals surface area (Å²) in [6, 6.07) is 0. The average molecular weight is 240 g/mol. The molecule has 3 rings (SSSR count). The summed E-state index contributed by atoms with van der Waals surface area (Å²) in [6.07, 6.45) is 4.23. The van der Waals surface area contributed by atoms with Crippen molar-refractivity contribution in [3.05, 3.63) is 0 Å². The largest absolute Gasteiger partial charge is 0.376 e. The Morgan fingerprint density at radius 2 is 2.41 bits per heavy atom. The smallest absolute Gasteiger partial charge is 0.224 e. The van der Waals surface area contributed by atoms with Crippen LogP contribution in [0, 0.1) is 0 Å². The molecule has 0 aromatic rings. The van der Waals surface area contributed by atoms with Gasteiger partial charge in [-0.25, -0.2) is 0 Å². The molecule has 3 fully saturated rings. The molecule has 3 aliphatic rings. The van der Waals surface area contributed by atoms with Gasteiger partial charge in [0.25, 0.3) is 0 Å². The molecule has 0 saturated carbocycles. The van der Waals surface area contributed by atoms with Gasteiger partial charge >= 0.3 is 0 Å². The van der Waals surface area contributed by atoms with Crippen molar-refractivity contribution in [2.75, 3.05) is 26.2 Å². The molecule has 1 amide bonds. The molecule has 3 unspecified atom stereocenters. The van der Waals surface area contributed by atoms with E-state index in [2.05, 4.69) is 5.32 Å². The maximum Gasteiger partial charge on any atom is 0.224 e. The molecule has 0 aromatic heterocycles. The summed E-state index contributed by atoms with van der Waals surface area (Å²) in [4.78, 5) is 13.8. The third-order valence-electron chi connectivity index (χ3n) is 3.76. The third-order valence-corrected chi connectivity index (χ3v) is 3.76. The van der Waals surface area contributed by atoms with Crippen molar-refractivity contribution in [3.8, 4) is 0 Å². The number of hydrogen-bond donors (Lipinski definition) is 1. The second-order valence-electron chi connectivity index (χ2n) is 5.03. The van der Waals surface area contributed by atoms with Gasteiger partial charge in [-0.15, -0.1) is 0 Å². The molecule has 0 bridgehead atoms. The molecular formula is C12H20N2O3. The zero-order chi connectivity index (χ0) is 11.7. The van der Waals surface area contributed by atoms with Crippen LogP contribution >= 0.6 is 0 Å². The fourth-order valence-electron chi connectivity index (χ4n) is 2.70. The Kier molecular flexibility index (Phi) is 3.31. The molecule has 0 aliphatic carbocycles. The molecule has 5 nitrogen and oxygen atoms in total. The quantitative estimate of drug-likeness (QED) is 0.711. The van der Waals surface area contributed by atoms with Crippen LogP contribution in [0.4, 0.5) is 0 Å². The lowest BCUT2D eigenvalue weighted by Crippen LogP contribution is -2.42. The van der Waals surface area contributed by atoms with Crippen molar-refractivity contribution >= 4 is 5.91 Å². The van der Waals surface area contributed by atoms with E-state index in [4.69, 9.17) is 9.47 Å². The van der Waals surface area contributed by atoms with Gasteiger partial charge < -0.3 is 19.7 Å². The Bertz CT molecular complexity index is 291. The summed E-state index contributed by atoms with van der Waals surface area (Å²) in [5, 5.41) is 3.31. The molecule has 0 radical (unpaired) electrons. The van der Waals surface area contributed by atoms with Gasteiger partial charge in [0, 0.05) is 26.1 Å². The molecule has 3 heterocycles. The van der Waals surface area contributed by atoms with E-state index in [0.29, 0.717) is 12.5 Å². The zero-order valence-corrected chi connectivity index (χ0v) is 10.1. The minimum absolute atomic E-state index is 0.0709. The number of nitrogens with zero attached hydrogens (tertiary/aromatic N) is 1. The summed E-state index contributed by atoms with van der Waals surface area (Å²) in [5.41, 5.74) is 0. The van der Waals surface area contributed by atoms with Crippen LogP contribution < -0.4 is 5.32 Å². The highest BCUT2D eigenvalue weighted by atomic mass is 16.6. The summed E-state index contributed by atoms with van der Waals surface area (Å²) in [5.74, 6) is 0.249. The van der Waals surface area contributed by atoms with E-state index in [1.807, 2.05) is 4.90 Å². The highest BCUT2D eigenvalue weighted by molar-refractivity contribution is 5.77. The number of ether oxygens (including phenoxy) is 2. The predicted octanol–water partition coefficient (Wildman–Crippen LogP) is 0.102. The molecule has 96 valence electrons. The van der Waals surface area contributed by atoms with Crippen molar-refractivity contribution in [1.29, 1.82) is 0 Å². The number of epoxide rings is 1. The van der Waals surface area contributed by atoms with Crippen molar-refractivity contribution in [2.45, 2.75) is 44.1 Å². The summed E-state index contributed by atoms with van der Waals surface area (Å²) < 4.78 is 11.2. The first-order valence-corrected chi connectivity index (χ1v) is 6.62. The van der Waals surface area contributed by atoms with Crippen LogP contribution in [0.1, 0.15) is 25.7 Å². The number of likely N-dealkylation sites (tertiary alicyclic amines) is 1. The number of carbonyl (C=O) groups is 1. The summed E-state index contributed by atoms with van der Waals surface area (Å²) in [7, 11) is 0. The van der Waals surface area contributed by atoms with Gasteiger partial charge in [0.05, 0.1) is 12.7 Å². The van der Waals surface area contributed by atoms with Gasteiger partial charge in [-0.3, -0.25) is 4.79 Å². The number of fused-ring (bicyclic) bond motifs is 1.